The first-order chi connectivity index (χ1) is 9.33. The number of methoxy groups -OCH3 is 2. The van der Waals surface area contributed by atoms with Crippen LogP contribution in [0.5, 0.6) is 5.75 Å². The molecule has 20 heavy (non-hydrogen) atoms. The van der Waals surface area contributed by atoms with Gasteiger partial charge >= 0.3 is 11.9 Å². The van der Waals surface area contributed by atoms with Gasteiger partial charge in [0, 0.05) is 0 Å². The molecular formula is C13H16ClNO5. The second kappa shape index (κ2) is 6.47. The highest BCUT2D eigenvalue weighted by Gasteiger charge is 2.25. The third kappa shape index (κ3) is 3.14. The van der Waals surface area contributed by atoms with Gasteiger partial charge in [-0.1, -0.05) is 11.6 Å². The third-order valence-corrected chi connectivity index (χ3v) is 2.81. The van der Waals surface area contributed by atoms with Crippen molar-refractivity contribution in [2.75, 3.05) is 20.0 Å². The van der Waals surface area contributed by atoms with E-state index in [0.29, 0.717) is 0 Å². The first kappa shape index (κ1) is 16.1. The summed E-state index contributed by atoms with van der Waals surface area (Å²) in [5, 5.41) is -0.0158. The van der Waals surface area contributed by atoms with Crippen LogP contribution in [0.4, 0.5) is 5.69 Å². The van der Waals surface area contributed by atoms with Gasteiger partial charge in [0.25, 0.3) is 0 Å². The quantitative estimate of drug-likeness (QED) is 0.678. The predicted octanol–water partition coefficient (Wildman–Crippen LogP) is 2.28. The Kier molecular flexibility index (Phi) is 5.21. The van der Waals surface area contributed by atoms with Gasteiger partial charge in [-0.05, 0) is 19.9 Å². The Bertz CT molecular complexity index is 542. The molecule has 0 saturated carbocycles. The van der Waals surface area contributed by atoms with Crippen molar-refractivity contribution in [1.82, 2.24) is 0 Å². The molecule has 0 spiro atoms. The number of nitrogens with two attached hydrogens (primary N) is 1. The highest BCUT2D eigenvalue weighted by atomic mass is 35.5. The fourth-order valence-corrected chi connectivity index (χ4v) is 1.86. The summed E-state index contributed by atoms with van der Waals surface area (Å²) >= 11 is 6.01. The highest BCUT2D eigenvalue weighted by Crippen LogP contribution is 2.37. The third-order valence-electron chi connectivity index (χ3n) is 2.43. The van der Waals surface area contributed by atoms with E-state index in [4.69, 9.17) is 26.8 Å². The van der Waals surface area contributed by atoms with Gasteiger partial charge in [-0.25, -0.2) is 9.59 Å². The molecule has 6 nitrogen and oxygen atoms in total. The lowest BCUT2D eigenvalue weighted by molar-refractivity contribution is 0.0379. The summed E-state index contributed by atoms with van der Waals surface area (Å²) in [7, 11) is 2.53. The van der Waals surface area contributed by atoms with Crippen molar-refractivity contribution in [2.24, 2.45) is 0 Å². The van der Waals surface area contributed by atoms with Crippen LogP contribution >= 0.6 is 11.6 Å². The lowest BCUT2D eigenvalue weighted by Gasteiger charge is -2.15. The average molecular weight is 302 g/mol. The topological polar surface area (TPSA) is 87.9 Å². The second-order valence-electron chi connectivity index (χ2n) is 4.18. The molecule has 0 amide bonds. The molecule has 0 atom stereocenters. The maximum absolute atomic E-state index is 12.0. The van der Waals surface area contributed by atoms with E-state index in [9.17, 15) is 9.59 Å². The zero-order valence-corrected chi connectivity index (χ0v) is 12.4. The Morgan fingerprint density at radius 1 is 1.20 bits per heavy atom. The molecule has 0 saturated heterocycles. The van der Waals surface area contributed by atoms with Gasteiger partial charge in [-0.2, -0.15) is 0 Å². The Labute approximate surface area is 121 Å². The highest BCUT2D eigenvalue weighted by molar-refractivity contribution is 6.36. The number of carbonyl (C=O) groups is 2. The van der Waals surface area contributed by atoms with Crippen LogP contribution in [-0.2, 0) is 9.47 Å². The number of halogens is 1. The molecule has 0 radical (unpaired) electrons. The Morgan fingerprint density at radius 2 is 1.80 bits per heavy atom. The van der Waals surface area contributed by atoms with Crippen LogP contribution in [0.3, 0.4) is 0 Å². The summed E-state index contributed by atoms with van der Waals surface area (Å²) in [6.45, 7) is 3.39. The van der Waals surface area contributed by atoms with E-state index in [2.05, 4.69) is 4.74 Å². The summed E-state index contributed by atoms with van der Waals surface area (Å²) in [6, 6.07) is 1.23. The minimum Gasteiger partial charge on any atom is -0.493 e. The minimum absolute atomic E-state index is 0.000324. The summed E-state index contributed by atoms with van der Waals surface area (Å²) in [4.78, 5) is 23.6. The number of benzene rings is 1. The van der Waals surface area contributed by atoms with E-state index >= 15 is 0 Å². The van der Waals surface area contributed by atoms with Crippen LogP contribution < -0.4 is 10.5 Å². The van der Waals surface area contributed by atoms with Gasteiger partial charge in [0.15, 0.2) is 5.75 Å². The van der Waals surface area contributed by atoms with Crippen molar-refractivity contribution in [3.05, 3.63) is 22.2 Å². The fraction of sp³-hybridized carbons (Fsp3) is 0.385. The van der Waals surface area contributed by atoms with Crippen LogP contribution in [0.1, 0.15) is 34.6 Å². The lowest BCUT2D eigenvalue weighted by Crippen LogP contribution is -2.16. The van der Waals surface area contributed by atoms with Crippen molar-refractivity contribution in [1.29, 1.82) is 0 Å². The van der Waals surface area contributed by atoms with Gasteiger partial charge in [0.1, 0.15) is 0 Å². The molecule has 2 N–H and O–H groups in total. The molecule has 1 aromatic rings. The van der Waals surface area contributed by atoms with E-state index in [1.54, 1.807) is 13.8 Å². The maximum Gasteiger partial charge on any atom is 0.340 e. The zero-order chi connectivity index (χ0) is 15.4. The Morgan fingerprint density at radius 3 is 2.25 bits per heavy atom. The van der Waals surface area contributed by atoms with Crippen LogP contribution in [0.2, 0.25) is 5.02 Å². The van der Waals surface area contributed by atoms with E-state index in [-0.39, 0.29) is 33.7 Å². The molecule has 0 fully saturated rings. The summed E-state index contributed by atoms with van der Waals surface area (Å²) in [6.07, 6.45) is -0.329. The van der Waals surface area contributed by atoms with Crippen LogP contribution in [0.15, 0.2) is 6.07 Å². The molecule has 0 aliphatic carbocycles. The molecule has 0 bridgehead atoms. The molecule has 0 heterocycles. The van der Waals surface area contributed by atoms with Crippen molar-refractivity contribution in [3.63, 3.8) is 0 Å². The van der Waals surface area contributed by atoms with E-state index in [1.165, 1.54) is 20.3 Å². The van der Waals surface area contributed by atoms with Crippen molar-refractivity contribution < 1.29 is 23.8 Å². The maximum atomic E-state index is 12.0. The molecule has 0 aliphatic rings. The number of anilines is 1. The Hall–Kier alpha value is -1.95. The fourth-order valence-electron chi connectivity index (χ4n) is 1.55. The van der Waals surface area contributed by atoms with Crippen molar-refractivity contribution in [2.45, 2.75) is 20.0 Å². The van der Waals surface area contributed by atoms with Gasteiger partial charge in [0.2, 0.25) is 0 Å². The van der Waals surface area contributed by atoms with E-state index in [1.807, 2.05) is 0 Å². The first-order valence-electron chi connectivity index (χ1n) is 5.78. The number of hydrogen-bond donors (Lipinski definition) is 1. The number of hydrogen-bond acceptors (Lipinski definition) is 6. The molecule has 0 aliphatic heterocycles. The first-order valence-corrected chi connectivity index (χ1v) is 6.16. The molecular weight excluding hydrogens is 286 g/mol. The number of carbonyl (C=O) groups excluding carboxylic acids is 2. The molecule has 110 valence electrons. The Balaban J connectivity index is 3.45. The monoisotopic (exact) mass is 301 g/mol. The predicted molar refractivity (Wildman–Crippen MR) is 74.3 cm³/mol. The molecule has 1 aromatic carbocycles. The molecule has 0 unspecified atom stereocenters. The normalized spacial score (nSPS) is 10.3. The minimum atomic E-state index is -0.702. The smallest absolute Gasteiger partial charge is 0.340 e. The number of nitrogen functional groups attached to an aromatic ring is 1. The number of rotatable bonds is 4. The number of esters is 2. The lowest BCUT2D eigenvalue weighted by atomic mass is 10.1. The SMILES string of the molecule is COC(=O)c1cc(C(=O)OC(C)C)c(N)c(OC)c1Cl. The van der Waals surface area contributed by atoms with Crippen molar-refractivity contribution >= 4 is 29.2 Å². The molecule has 7 heteroatoms. The molecule has 0 aromatic heterocycles. The summed E-state index contributed by atoms with van der Waals surface area (Å²) in [5.41, 5.74) is 5.81. The molecule has 1 rings (SSSR count). The van der Waals surface area contributed by atoms with E-state index < -0.39 is 11.9 Å². The van der Waals surface area contributed by atoms with Gasteiger partial charge < -0.3 is 19.9 Å². The van der Waals surface area contributed by atoms with Crippen LogP contribution in [0, 0.1) is 0 Å². The van der Waals surface area contributed by atoms with Crippen molar-refractivity contribution in [3.8, 4) is 5.75 Å². The number of ether oxygens (including phenoxy) is 3. The van der Waals surface area contributed by atoms with Gasteiger partial charge in [-0.15, -0.1) is 0 Å². The summed E-state index contributed by atoms with van der Waals surface area (Å²) < 4.78 is 14.7. The van der Waals surface area contributed by atoms with Crippen LogP contribution in [-0.4, -0.2) is 32.3 Å². The van der Waals surface area contributed by atoms with Crippen LogP contribution in [0.25, 0.3) is 0 Å². The van der Waals surface area contributed by atoms with Gasteiger partial charge in [-0.3, -0.25) is 0 Å². The average Bonchev–Trinajstić information content (AvgIpc) is 2.37. The summed E-state index contributed by atoms with van der Waals surface area (Å²) in [5.74, 6) is -1.34. The van der Waals surface area contributed by atoms with Gasteiger partial charge in [0.05, 0.1) is 42.2 Å². The zero-order valence-electron chi connectivity index (χ0n) is 11.7. The van der Waals surface area contributed by atoms with E-state index in [0.717, 1.165) is 0 Å². The second-order valence-corrected chi connectivity index (χ2v) is 4.56. The standard InChI is InChI=1S/C13H16ClNO5/c1-6(2)20-13(17)8-5-7(12(16)19-4)9(14)11(18-3)10(8)15/h5-6H,15H2,1-4H3. The largest absolute Gasteiger partial charge is 0.493 e.